The molecule has 0 saturated carbocycles. The first-order valence-corrected chi connectivity index (χ1v) is 7.74. The Morgan fingerprint density at radius 3 is 2.11 bits per heavy atom. The fourth-order valence-corrected chi connectivity index (χ4v) is 3.02. The van der Waals surface area contributed by atoms with Crippen molar-refractivity contribution in [3.63, 3.8) is 0 Å². The van der Waals surface area contributed by atoms with Crippen molar-refractivity contribution in [1.29, 1.82) is 0 Å². The summed E-state index contributed by atoms with van der Waals surface area (Å²) in [5.41, 5.74) is 0. The molecule has 0 spiro atoms. The van der Waals surface area contributed by atoms with Crippen molar-refractivity contribution < 1.29 is 33.0 Å². The lowest BCUT2D eigenvalue weighted by molar-refractivity contribution is -0.143. The first-order valence-electron chi connectivity index (χ1n) is 6.01. The van der Waals surface area contributed by atoms with E-state index in [1.807, 2.05) is 0 Å². The van der Waals surface area contributed by atoms with Crippen LogP contribution >= 0.6 is 7.60 Å². The third-order valence-corrected chi connectivity index (χ3v) is 4.16. The molecular formula is C11H21O7P. The molecule has 0 amide bonds. The van der Waals surface area contributed by atoms with E-state index < -0.39 is 31.6 Å². The SMILES string of the molecule is CCOP(=O)(CC(=O)C[C@H](O)CC(=O)OC)OCC. The summed E-state index contributed by atoms with van der Waals surface area (Å²) >= 11 is 0. The maximum atomic E-state index is 12.0. The van der Waals surface area contributed by atoms with Gasteiger partial charge in [0.15, 0.2) is 0 Å². The highest BCUT2D eigenvalue weighted by Crippen LogP contribution is 2.48. The minimum absolute atomic E-state index is 0.162. The van der Waals surface area contributed by atoms with E-state index in [2.05, 4.69) is 4.74 Å². The molecule has 0 bridgehead atoms. The van der Waals surface area contributed by atoms with Crippen molar-refractivity contribution in [2.75, 3.05) is 26.5 Å². The summed E-state index contributed by atoms with van der Waals surface area (Å²) in [5, 5.41) is 9.48. The van der Waals surface area contributed by atoms with Gasteiger partial charge in [-0.1, -0.05) is 0 Å². The summed E-state index contributed by atoms with van der Waals surface area (Å²) in [6.07, 6.45) is -2.14. The van der Waals surface area contributed by atoms with Crippen molar-refractivity contribution in [2.45, 2.75) is 32.8 Å². The lowest BCUT2D eigenvalue weighted by atomic mass is 10.1. The van der Waals surface area contributed by atoms with E-state index in [1.54, 1.807) is 13.8 Å². The number of carbonyl (C=O) groups is 2. The topological polar surface area (TPSA) is 99.1 Å². The van der Waals surface area contributed by atoms with Gasteiger partial charge in [0.25, 0.3) is 0 Å². The van der Waals surface area contributed by atoms with E-state index in [9.17, 15) is 19.3 Å². The molecule has 0 aromatic rings. The predicted octanol–water partition coefficient (Wildman–Crippen LogP) is 1.14. The average molecular weight is 296 g/mol. The number of ketones is 1. The maximum Gasteiger partial charge on any atom is 0.338 e. The van der Waals surface area contributed by atoms with Gasteiger partial charge in [-0.3, -0.25) is 14.2 Å². The Hall–Kier alpha value is -0.750. The molecule has 1 N–H and O–H groups in total. The Labute approximate surface area is 112 Å². The zero-order valence-corrected chi connectivity index (χ0v) is 12.4. The molecule has 0 radical (unpaired) electrons. The van der Waals surface area contributed by atoms with E-state index in [0.29, 0.717) is 0 Å². The molecule has 0 aliphatic heterocycles. The molecule has 19 heavy (non-hydrogen) atoms. The number of hydrogen-bond donors (Lipinski definition) is 1. The number of hydrogen-bond acceptors (Lipinski definition) is 7. The first kappa shape index (κ1) is 18.2. The van der Waals surface area contributed by atoms with E-state index in [4.69, 9.17) is 9.05 Å². The summed E-state index contributed by atoms with van der Waals surface area (Å²) in [6, 6.07) is 0. The summed E-state index contributed by atoms with van der Waals surface area (Å²) in [7, 11) is -2.26. The van der Waals surface area contributed by atoms with Crippen molar-refractivity contribution in [3.8, 4) is 0 Å². The number of carbonyl (C=O) groups excluding carboxylic acids is 2. The number of methoxy groups -OCH3 is 1. The van der Waals surface area contributed by atoms with Crippen molar-refractivity contribution in [1.82, 2.24) is 0 Å². The Morgan fingerprint density at radius 1 is 1.16 bits per heavy atom. The Bertz CT molecular complexity index is 332. The molecule has 8 heteroatoms. The molecule has 1 atom stereocenters. The van der Waals surface area contributed by atoms with Crippen LogP contribution in [0.15, 0.2) is 0 Å². The van der Waals surface area contributed by atoms with Crippen molar-refractivity contribution in [2.24, 2.45) is 0 Å². The quantitative estimate of drug-likeness (QED) is 0.476. The molecule has 0 aromatic heterocycles. The van der Waals surface area contributed by atoms with Crippen LogP contribution in [0.5, 0.6) is 0 Å². The van der Waals surface area contributed by atoms with E-state index in [-0.39, 0.29) is 26.1 Å². The number of rotatable bonds is 10. The molecule has 0 unspecified atom stereocenters. The van der Waals surface area contributed by atoms with Crippen LogP contribution in [-0.2, 0) is 27.9 Å². The van der Waals surface area contributed by atoms with Crippen LogP contribution in [0.3, 0.4) is 0 Å². The van der Waals surface area contributed by atoms with Crippen LogP contribution < -0.4 is 0 Å². The summed E-state index contributed by atoms with van der Waals surface area (Å²) in [5.74, 6) is -1.10. The van der Waals surface area contributed by atoms with Gasteiger partial charge in [-0.2, -0.15) is 0 Å². The van der Waals surface area contributed by atoms with Crippen LogP contribution in [0, 0.1) is 0 Å². The maximum absolute atomic E-state index is 12.0. The Kier molecular flexibility index (Phi) is 8.84. The van der Waals surface area contributed by atoms with Gasteiger partial charge >= 0.3 is 13.6 Å². The van der Waals surface area contributed by atoms with Gasteiger partial charge in [-0.15, -0.1) is 0 Å². The fourth-order valence-electron chi connectivity index (χ4n) is 1.41. The summed E-state index contributed by atoms with van der Waals surface area (Å²) in [6.45, 7) is 3.61. The number of ether oxygens (including phenoxy) is 1. The van der Waals surface area contributed by atoms with Gasteiger partial charge in [0.1, 0.15) is 11.9 Å². The van der Waals surface area contributed by atoms with Gasteiger partial charge in [-0.25, -0.2) is 0 Å². The average Bonchev–Trinajstić information content (AvgIpc) is 2.28. The van der Waals surface area contributed by atoms with Gasteiger partial charge < -0.3 is 18.9 Å². The lowest BCUT2D eigenvalue weighted by Gasteiger charge is -2.16. The highest BCUT2D eigenvalue weighted by Gasteiger charge is 2.28. The molecule has 0 aromatic carbocycles. The standard InChI is InChI=1S/C11H21O7P/c1-4-17-19(15,18-5-2)8-10(13)6-9(12)7-11(14)16-3/h9,12H,4-8H2,1-3H3/t9-/m0/s1. The van der Waals surface area contributed by atoms with Gasteiger partial charge in [0.2, 0.25) is 0 Å². The molecule has 0 fully saturated rings. The minimum Gasteiger partial charge on any atom is -0.469 e. The highest BCUT2D eigenvalue weighted by molar-refractivity contribution is 7.54. The fraction of sp³-hybridized carbons (Fsp3) is 0.818. The number of esters is 1. The van der Waals surface area contributed by atoms with Crippen molar-refractivity contribution >= 4 is 19.3 Å². The van der Waals surface area contributed by atoms with E-state index in [1.165, 1.54) is 7.11 Å². The monoisotopic (exact) mass is 296 g/mol. The largest absolute Gasteiger partial charge is 0.469 e. The molecule has 0 aliphatic rings. The number of Topliss-reactive ketones (excluding diaryl/α,β-unsaturated/α-hetero) is 1. The van der Waals surface area contributed by atoms with Gasteiger partial charge in [0, 0.05) is 6.42 Å². The third-order valence-electron chi connectivity index (χ3n) is 2.11. The molecule has 0 heterocycles. The Morgan fingerprint density at radius 2 is 1.68 bits per heavy atom. The predicted molar refractivity (Wildman–Crippen MR) is 68.0 cm³/mol. The second-order valence-electron chi connectivity index (χ2n) is 3.78. The van der Waals surface area contributed by atoms with E-state index >= 15 is 0 Å². The molecule has 112 valence electrons. The van der Waals surface area contributed by atoms with Crippen LogP contribution in [0.1, 0.15) is 26.7 Å². The molecule has 0 rings (SSSR count). The zero-order valence-electron chi connectivity index (χ0n) is 11.5. The van der Waals surface area contributed by atoms with Crippen LogP contribution in [0.2, 0.25) is 0 Å². The second kappa shape index (κ2) is 9.20. The van der Waals surface area contributed by atoms with Gasteiger partial charge in [0.05, 0.1) is 32.8 Å². The Balaban J connectivity index is 4.34. The smallest absolute Gasteiger partial charge is 0.338 e. The normalized spacial score (nSPS) is 13.1. The van der Waals surface area contributed by atoms with Crippen molar-refractivity contribution in [3.05, 3.63) is 0 Å². The molecule has 7 nitrogen and oxygen atoms in total. The number of aliphatic hydroxyl groups excluding tert-OH is 1. The summed E-state index contributed by atoms with van der Waals surface area (Å²) < 4.78 is 26.3. The van der Waals surface area contributed by atoms with E-state index in [0.717, 1.165) is 0 Å². The first-order chi connectivity index (χ1) is 8.86. The summed E-state index contributed by atoms with van der Waals surface area (Å²) in [4.78, 5) is 22.5. The minimum atomic E-state index is -3.45. The third kappa shape index (κ3) is 8.10. The molecule has 0 saturated heterocycles. The lowest BCUT2D eigenvalue weighted by Crippen LogP contribution is -2.21. The number of aliphatic hydroxyl groups is 1. The van der Waals surface area contributed by atoms with Crippen LogP contribution in [0.4, 0.5) is 0 Å². The molecule has 0 aliphatic carbocycles. The highest BCUT2D eigenvalue weighted by atomic mass is 31.2. The molecular weight excluding hydrogens is 275 g/mol. The van der Waals surface area contributed by atoms with Gasteiger partial charge in [-0.05, 0) is 13.8 Å². The van der Waals surface area contributed by atoms with Crippen LogP contribution in [-0.4, -0.2) is 49.4 Å². The second-order valence-corrected chi connectivity index (χ2v) is 5.84. The van der Waals surface area contributed by atoms with Crippen LogP contribution in [0.25, 0.3) is 0 Å². The zero-order chi connectivity index (χ0) is 14.9.